The van der Waals surface area contributed by atoms with Crippen LogP contribution in [-0.4, -0.2) is 49.5 Å². The van der Waals surface area contributed by atoms with Crippen molar-refractivity contribution in [2.45, 2.75) is 6.55 Å². The van der Waals surface area contributed by atoms with Crippen LogP contribution in [0.3, 0.4) is 0 Å². The van der Waals surface area contributed by atoms with Gasteiger partial charge >= 0.3 is 8.89 Å². The molecule has 0 aromatic carbocycles. The summed E-state index contributed by atoms with van der Waals surface area (Å²) in [6, 6.07) is 0. The first-order valence-corrected chi connectivity index (χ1v) is 6.26. The third kappa shape index (κ3) is 8.32. The molecule has 0 bridgehead atoms. The van der Waals surface area contributed by atoms with Gasteiger partial charge in [0.1, 0.15) is 0 Å². The Morgan fingerprint density at radius 1 is 0.923 bits per heavy atom. The molecule has 0 spiro atoms. The van der Waals surface area contributed by atoms with Crippen LogP contribution in [0.15, 0.2) is 0 Å². The molecule has 0 saturated heterocycles. The predicted octanol–water partition coefficient (Wildman–Crippen LogP) is 0.851. The monoisotopic (exact) mass is 212 g/mol. The van der Waals surface area contributed by atoms with Gasteiger partial charge in [0.25, 0.3) is 0 Å². The third-order valence-electron chi connectivity index (χ3n) is 1.29. The quantitative estimate of drug-likeness (QED) is 0.339. The predicted molar refractivity (Wildman–Crippen MR) is 48.4 cm³/mol. The van der Waals surface area contributed by atoms with E-state index in [1.54, 1.807) is 0 Å². The van der Waals surface area contributed by atoms with Gasteiger partial charge in [-0.2, -0.15) is 0 Å². The maximum absolute atomic E-state index is 13.3. The minimum Gasteiger partial charge on any atom is -0.382 e. The number of hydrogen-bond acceptors (Lipinski definition) is 4. The molecule has 0 atom stereocenters. The zero-order chi connectivity index (χ0) is 10.2. The normalized spacial score (nSPS) is 12.0. The fraction of sp³-hybridized carbons (Fsp3) is 1.00. The topological polar surface area (TPSA) is 36.9 Å². The number of halogens is 1. The Labute approximate surface area is 79.4 Å². The van der Waals surface area contributed by atoms with Crippen LogP contribution in [0.1, 0.15) is 0 Å². The molecule has 0 heterocycles. The highest BCUT2D eigenvalue weighted by Gasteiger charge is 2.32. The van der Waals surface area contributed by atoms with E-state index < -0.39 is 8.89 Å². The van der Waals surface area contributed by atoms with Gasteiger partial charge < -0.3 is 18.3 Å². The lowest BCUT2D eigenvalue weighted by atomic mass is 10.8. The standard InChI is InChI=1S/C7H17FO4Si/c1-9-4-6-11-13(3,8)12-7-5-10-2/h4-7H2,1-3H3. The van der Waals surface area contributed by atoms with Crippen molar-refractivity contribution in [3.63, 3.8) is 0 Å². The third-order valence-corrected chi connectivity index (χ3v) is 2.73. The van der Waals surface area contributed by atoms with Crippen LogP contribution in [-0.2, 0) is 18.3 Å². The summed E-state index contributed by atoms with van der Waals surface area (Å²) in [6.45, 7) is 2.55. The fourth-order valence-electron chi connectivity index (χ4n) is 0.656. The molecule has 0 aliphatic heterocycles. The lowest BCUT2D eigenvalue weighted by molar-refractivity contribution is 0.0697. The largest absolute Gasteiger partial charge is 0.536 e. The summed E-state index contributed by atoms with van der Waals surface area (Å²) in [4.78, 5) is 0. The van der Waals surface area contributed by atoms with Crippen LogP contribution in [0.2, 0.25) is 6.55 Å². The Morgan fingerprint density at radius 2 is 1.31 bits per heavy atom. The molecule has 0 rings (SSSR count). The van der Waals surface area contributed by atoms with Crippen molar-refractivity contribution >= 4 is 8.89 Å². The molecule has 4 nitrogen and oxygen atoms in total. The molecule has 0 aliphatic carbocycles. The van der Waals surface area contributed by atoms with E-state index in [1.165, 1.54) is 20.8 Å². The highest BCUT2D eigenvalue weighted by atomic mass is 28.4. The number of ether oxygens (including phenoxy) is 2. The highest BCUT2D eigenvalue weighted by Crippen LogP contribution is 2.07. The maximum atomic E-state index is 13.3. The van der Waals surface area contributed by atoms with E-state index in [2.05, 4.69) is 0 Å². The summed E-state index contributed by atoms with van der Waals surface area (Å²) >= 11 is 0. The Bertz CT molecular complexity index is 111. The molecule has 0 aliphatic rings. The van der Waals surface area contributed by atoms with Gasteiger partial charge in [-0.05, 0) is 0 Å². The summed E-state index contributed by atoms with van der Waals surface area (Å²) in [5.41, 5.74) is 0. The van der Waals surface area contributed by atoms with Crippen LogP contribution in [0.4, 0.5) is 4.11 Å². The average Bonchev–Trinajstić information content (AvgIpc) is 2.05. The first-order chi connectivity index (χ1) is 6.12. The average molecular weight is 212 g/mol. The molecule has 0 saturated carbocycles. The molecule has 0 aromatic heterocycles. The van der Waals surface area contributed by atoms with Crippen molar-refractivity contribution in [3.05, 3.63) is 0 Å². The van der Waals surface area contributed by atoms with Crippen LogP contribution in [0, 0.1) is 0 Å². The number of methoxy groups -OCH3 is 2. The van der Waals surface area contributed by atoms with Gasteiger partial charge in [-0.15, -0.1) is 0 Å². The van der Waals surface area contributed by atoms with Gasteiger partial charge in [-0.1, -0.05) is 0 Å². The van der Waals surface area contributed by atoms with Gasteiger partial charge in [-0.3, -0.25) is 0 Å². The minimum atomic E-state index is -3.44. The van der Waals surface area contributed by atoms with E-state index >= 15 is 0 Å². The Balaban J connectivity index is 3.42. The first kappa shape index (κ1) is 13.0. The van der Waals surface area contributed by atoms with Crippen molar-refractivity contribution in [2.75, 3.05) is 40.6 Å². The van der Waals surface area contributed by atoms with Gasteiger partial charge in [0.2, 0.25) is 0 Å². The van der Waals surface area contributed by atoms with E-state index in [4.69, 9.17) is 18.3 Å². The van der Waals surface area contributed by atoms with Crippen molar-refractivity contribution in [1.29, 1.82) is 0 Å². The second kappa shape index (κ2) is 7.40. The van der Waals surface area contributed by atoms with Gasteiger partial charge in [0.15, 0.2) is 0 Å². The minimum absolute atomic E-state index is 0.225. The number of rotatable bonds is 8. The molecular formula is C7H17FO4Si. The molecular weight excluding hydrogens is 195 g/mol. The summed E-state index contributed by atoms with van der Waals surface area (Å²) in [6.07, 6.45) is 0. The van der Waals surface area contributed by atoms with E-state index in [-0.39, 0.29) is 13.2 Å². The van der Waals surface area contributed by atoms with E-state index in [1.807, 2.05) is 0 Å². The molecule has 0 aromatic rings. The molecule has 80 valence electrons. The zero-order valence-electron chi connectivity index (χ0n) is 8.34. The maximum Gasteiger partial charge on any atom is 0.536 e. The van der Waals surface area contributed by atoms with Gasteiger partial charge in [0, 0.05) is 20.8 Å². The van der Waals surface area contributed by atoms with Crippen LogP contribution < -0.4 is 0 Å². The second-order valence-electron chi connectivity index (χ2n) is 2.52. The second-order valence-corrected chi connectivity index (χ2v) is 4.76. The lowest BCUT2D eigenvalue weighted by Crippen LogP contribution is -2.35. The van der Waals surface area contributed by atoms with Crippen LogP contribution >= 0.6 is 0 Å². The lowest BCUT2D eigenvalue weighted by Gasteiger charge is -2.17. The smallest absolute Gasteiger partial charge is 0.382 e. The molecule has 13 heavy (non-hydrogen) atoms. The van der Waals surface area contributed by atoms with Crippen LogP contribution in [0.25, 0.3) is 0 Å². The Morgan fingerprint density at radius 3 is 1.62 bits per heavy atom. The highest BCUT2D eigenvalue weighted by molar-refractivity contribution is 6.58. The van der Waals surface area contributed by atoms with Crippen molar-refractivity contribution in [2.24, 2.45) is 0 Å². The van der Waals surface area contributed by atoms with Gasteiger partial charge in [0.05, 0.1) is 26.4 Å². The van der Waals surface area contributed by atoms with Crippen molar-refractivity contribution in [3.8, 4) is 0 Å². The van der Waals surface area contributed by atoms with Crippen molar-refractivity contribution in [1.82, 2.24) is 0 Å². The molecule has 0 fully saturated rings. The molecule has 6 heteroatoms. The Hall–Kier alpha value is -0.0131. The molecule has 0 radical (unpaired) electrons. The molecule has 0 unspecified atom stereocenters. The molecule has 0 N–H and O–H groups in total. The summed E-state index contributed by atoms with van der Waals surface area (Å²) in [5, 5.41) is 0. The summed E-state index contributed by atoms with van der Waals surface area (Å²) in [5.74, 6) is 0. The summed E-state index contributed by atoms with van der Waals surface area (Å²) < 4.78 is 32.5. The SMILES string of the molecule is COCCO[Si](C)(F)OCCOC. The van der Waals surface area contributed by atoms with E-state index in [0.717, 1.165) is 0 Å². The zero-order valence-corrected chi connectivity index (χ0v) is 9.34. The summed E-state index contributed by atoms with van der Waals surface area (Å²) in [7, 11) is -0.370. The van der Waals surface area contributed by atoms with Crippen LogP contribution in [0.5, 0.6) is 0 Å². The molecule has 0 amide bonds. The fourth-order valence-corrected chi connectivity index (χ4v) is 1.64. The van der Waals surface area contributed by atoms with Crippen molar-refractivity contribution < 1.29 is 22.4 Å². The van der Waals surface area contributed by atoms with E-state index in [9.17, 15) is 4.11 Å². The van der Waals surface area contributed by atoms with E-state index in [0.29, 0.717) is 13.2 Å². The van der Waals surface area contributed by atoms with Gasteiger partial charge in [-0.25, -0.2) is 4.11 Å². The number of hydrogen-bond donors (Lipinski definition) is 0. The first-order valence-electron chi connectivity index (χ1n) is 4.07. The Kier molecular flexibility index (Phi) is 7.39.